The third-order valence-corrected chi connectivity index (χ3v) is 3.85. The lowest BCUT2D eigenvalue weighted by Gasteiger charge is -2.09. The van der Waals surface area contributed by atoms with E-state index in [2.05, 4.69) is 4.72 Å². The van der Waals surface area contributed by atoms with E-state index in [1.165, 1.54) is 0 Å². The summed E-state index contributed by atoms with van der Waals surface area (Å²) in [7, 11) is -3.06. The van der Waals surface area contributed by atoms with Gasteiger partial charge in [-0.3, -0.25) is 0 Å². The number of aliphatic hydroxyl groups is 1. The van der Waals surface area contributed by atoms with Gasteiger partial charge < -0.3 is 5.11 Å². The van der Waals surface area contributed by atoms with Gasteiger partial charge in [-0.25, -0.2) is 13.1 Å². The highest BCUT2D eigenvalue weighted by Gasteiger charge is 2.23. The molecule has 0 amide bonds. The minimum absolute atomic E-state index is 0.127. The molecule has 4 nitrogen and oxygen atoms in total. The molecule has 0 bridgehead atoms. The molecule has 5 heteroatoms. The van der Waals surface area contributed by atoms with E-state index in [9.17, 15) is 13.5 Å². The fourth-order valence-electron chi connectivity index (χ4n) is 1.58. The van der Waals surface area contributed by atoms with Crippen LogP contribution < -0.4 is 4.72 Å². The molecule has 1 fully saturated rings. The van der Waals surface area contributed by atoms with Crippen molar-refractivity contribution >= 4 is 10.0 Å². The summed E-state index contributed by atoms with van der Waals surface area (Å²) in [6, 6.07) is 0. The fraction of sp³-hybridized carbons (Fsp3) is 1.00. The second-order valence-corrected chi connectivity index (χ2v) is 5.68. The van der Waals surface area contributed by atoms with Gasteiger partial charge in [0.15, 0.2) is 0 Å². The first-order valence-electron chi connectivity index (χ1n) is 4.69. The van der Waals surface area contributed by atoms with Gasteiger partial charge in [0.05, 0.1) is 11.9 Å². The van der Waals surface area contributed by atoms with Crippen molar-refractivity contribution in [3.05, 3.63) is 0 Å². The number of rotatable bonds is 4. The number of hydrogen-bond acceptors (Lipinski definition) is 3. The van der Waals surface area contributed by atoms with Gasteiger partial charge in [0, 0.05) is 6.54 Å². The van der Waals surface area contributed by atoms with Gasteiger partial charge >= 0.3 is 0 Å². The second kappa shape index (κ2) is 4.39. The molecular weight excluding hydrogens is 190 g/mol. The van der Waals surface area contributed by atoms with Crippen molar-refractivity contribution in [1.29, 1.82) is 0 Å². The summed E-state index contributed by atoms with van der Waals surface area (Å²) in [5, 5.41) is 9.21. The Balaban J connectivity index is 2.27. The first-order chi connectivity index (χ1) is 6.03. The number of nitrogens with one attached hydrogen (secondary N) is 1. The fourth-order valence-corrected chi connectivity index (χ4v) is 2.27. The summed E-state index contributed by atoms with van der Waals surface area (Å²) in [6.45, 7) is 2.10. The predicted molar refractivity (Wildman–Crippen MR) is 50.8 cm³/mol. The van der Waals surface area contributed by atoms with E-state index in [4.69, 9.17) is 0 Å². The number of sulfonamides is 1. The molecule has 2 atom stereocenters. The van der Waals surface area contributed by atoms with E-state index < -0.39 is 10.0 Å². The summed E-state index contributed by atoms with van der Waals surface area (Å²) in [5.74, 6) is 0.443. The molecule has 0 aromatic carbocycles. The maximum absolute atomic E-state index is 11.1. The molecule has 2 unspecified atom stereocenters. The Morgan fingerprint density at radius 3 is 2.62 bits per heavy atom. The Morgan fingerprint density at radius 2 is 2.15 bits per heavy atom. The van der Waals surface area contributed by atoms with Crippen LogP contribution in [0.2, 0.25) is 0 Å². The smallest absolute Gasteiger partial charge is 0.211 e. The predicted octanol–water partition coefficient (Wildman–Crippen LogP) is 0.0867. The molecule has 1 aliphatic rings. The summed E-state index contributed by atoms with van der Waals surface area (Å²) in [4.78, 5) is 0. The zero-order valence-electron chi connectivity index (χ0n) is 7.86. The largest absolute Gasteiger partial charge is 0.393 e. The Bertz CT molecular complexity index is 250. The highest BCUT2D eigenvalue weighted by Crippen LogP contribution is 2.24. The molecular formula is C8H17NO3S. The van der Waals surface area contributed by atoms with Gasteiger partial charge in [-0.1, -0.05) is 0 Å². The van der Waals surface area contributed by atoms with Crippen LogP contribution in [0.4, 0.5) is 0 Å². The SMILES string of the molecule is CCS(=O)(=O)NCC1CCC(O)C1. The van der Waals surface area contributed by atoms with E-state index >= 15 is 0 Å². The lowest BCUT2D eigenvalue weighted by atomic mass is 10.1. The second-order valence-electron chi connectivity index (χ2n) is 3.58. The molecule has 0 aliphatic heterocycles. The molecule has 0 spiro atoms. The van der Waals surface area contributed by atoms with E-state index in [1.807, 2.05) is 0 Å². The van der Waals surface area contributed by atoms with Crippen LogP contribution in [0.5, 0.6) is 0 Å². The molecule has 1 aliphatic carbocycles. The van der Waals surface area contributed by atoms with Gasteiger partial charge in [0.2, 0.25) is 10.0 Å². The van der Waals surface area contributed by atoms with Crippen molar-refractivity contribution in [1.82, 2.24) is 4.72 Å². The van der Waals surface area contributed by atoms with Gasteiger partial charge in [-0.15, -0.1) is 0 Å². The molecule has 0 aromatic rings. The highest BCUT2D eigenvalue weighted by atomic mass is 32.2. The standard InChI is InChI=1S/C8H17NO3S/c1-2-13(11,12)9-6-7-3-4-8(10)5-7/h7-10H,2-6H2,1H3. The molecule has 1 rings (SSSR count). The number of aliphatic hydroxyl groups excluding tert-OH is 1. The minimum atomic E-state index is -3.06. The van der Waals surface area contributed by atoms with Crippen LogP contribution >= 0.6 is 0 Å². The summed E-state index contributed by atoms with van der Waals surface area (Å²) in [5.41, 5.74) is 0. The third-order valence-electron chi connectivity index (χ3n) is 2.49. The summed E-state index contributed by atoms with van der Waals surface area (Å²) < 4.78 is 24.7. The van der Waals surface area contributed by atoms with E-state index in [-0.39, 0.29) is 11.9 Å². The minimum Gasteiger partial charge on any atom is -0.393 e. The first kappa shape index (κ1) is 10.9. The maximum Gasteiger partial charge on any atom is 0.211 e. The van der Waals surface area contributed by atoms with Gasteiger partial charge in [-0.2, -0.15) is 0 Å². The zero-order chi connectivity index (χ0) is 9.90. The summed E-state index contributed by atoms with van der Waals surface area (Å²) >= 11 is 0. The van der Waals surface area contributed by atoms with Gasteiger partial charge in [-0.05, 0) is 32.1 Å². The normalized spacial score (nSPS) is 29.4. The quantitative estimate of drug-likeness (QED) is 0.686. The molecule has 0 heterocycles. The van der Waals surface area contributed by atoms with Crippen LogP contribution in [0.25, 0.3) is 0 Å². The molecule has 1 saturated carbocycles. The highest BCUT2D eigenvalue weighted by molar-refractivity contribution is 7.89. The van der Waals surface area contributed by atoms with E-state index in [0.29, 0.717) is 12.5 Å². The molecule has 78 valence electrons. The van der Waals surface area contributed by atoms with Gasteiger partial charge in [0.25, 0.3) is 0 Å². The lowest BCUT2D eigenvalue weighted by molar-refractivity contribution is 0.178. The van der Waals surface area contributed by atoms with Crippen molar-refractivity contribution in [2.75, 3.05) is 12.3 Å². The average molecular weight is 207 g/mol. The maximum atomic E-state index is 11.1. The first-order valence-corrected chi connectivity index (χ1v) is 6.34. The topological polar surface area (TPSA) is 66.4 Å². The van der Waals surface area contributed by atoms with Crippen molar-refractivity contribution in [2.24, 2.45) is 5.92 Å². The van der Waals surface area contributed by atoms with Crippen LogP contribution in [0, 0.1) is 5.92 Å². The van der Waals surface area contributed by atoms with Crippen LogP contribution in [-0.2, 0) is 10.0 Å². The molecule has 0 aromatic heterocycles. The van der Waals surface area contributed by atoms with E-state index in [0.717, 1.165) is 19.3 Å². The molecule has 0 radical (unpaired) electrons. The third kappa shape index (κ3) is 3.62. The van der Waals surface area contributed by atoms with Crippen molar-refractivity contribution in [2.45, 2.75) is 32.3 Å². The van der Waals surface area contributed by atoms with Crippen LogP contribution in [0.1, 0.15) is 26.2 Å². The lowest BCUT2D eigenvalue weighted by Crippen LogP contribution is -2.29. The van der Waals surface area contributed by atoms with Crippen LogP contribution in [0.15, 0.2) is 0 Å². The Kier molecular flexibility index (Phi) is 3.70. The molecule has 2 N–H and O–H groups in total. The Labute approximate surface area is 79.4 Å². The monoisotopic (exact) mass is 207 g/mol. The zero-order valence-corrected chi connectivity index (χ0v) is 8.68. The van der Waals surface area contributed by atoms with E-state index in [1.54, 1.807) is 6.92 Å². The van der Waals surface area contributed by atoms with Crippen molar-refractivity contribution in [3.8, 4) is 0 Å². The number of hydrogen-bond donors (Lipinski definition) is 2. The molecule has 13 heavy (non-hydrogen) atoms. The Morgan fingerprint density at radius 1 is 1.46 bits per heavy atom. The summed E-state index contributed by atoms with van der Waals surface area (Å²) in [6.07, 6.45) is 2.23. The van der Waals surface area contributed by atoms with Crippen LogP contribution in [0.3, 0.4) is 0 Å². The van der Waals surface area contributed by atoms with Crippen molar-refractivity contribution in [3.63, 3.8) is 0 Å². The van der Waals surface area contributed by atoms with Gasteiger partial charge in [0.1, 0.15) is 0 Å². The van der Waals surface area contributed by atoms with Crippen LogP contribution in [-0.4, -0.2) is 31.9 Å². The molecule has 0 saturated heterocycles. The van der Waals surface area contributed by atoms with Crippen molar-refractivity contribution < 1.29 is 13.5 Å². The Hall–Kier alpha value is -0.130. The average Bonchev–Trinajstić information content (AvgIpc) is 2.48.